The van der Waals surface area contributed by atoms with Crippen LogP contribution < -0.4 is 11.3 Å². The first-order valence-electron chi connectivity index (χ1n) is 5.86. The Balaban J connectivity index is 2.41. The minimum absolute atomic E-state index is 0.257. The first kappa shape index (κ1) is 13.0. The number of nitrogens with one attached hydrogen (secondary N) is 1. The molecule has 2 aromatic rings. The number of hydrogen-bond donors (Lipinski definition) is 2. The molecule has 2 rings (SSSR count). The maximum atomic E-state index is 6.20. The van der Waals surface area contributed by atoms with Gasteiger partial charge in [0.1, 0.15) is 6.04 Å². The summed E-state index contributed by atoms with van der Waals surface area (Å²) in [5, 5.41) is 4.86. The smallest absolute Gasteiger partial charge is 0.106 e. The summed E-state index contributed by atoms with van der Waals surface area (Å²) in [7, 11) is 0. The fraction of sp³-hybridized carbons (Fsp3) is 0.333. The molecule has 2 aromatic heterocycles. The van der Waals surface area contributed by atoms with Crippen LogP contribution in [0.1, 0.15) is 30.8 Å². The number of aromatic nitrogens is 3. The van der Waals surface area contributed by atoms with E-state index in [0.717, 1.165) is 24.4 Å². The second-order valence-electron chi connectivity index (χ2n) is 3.96. The van der Waals surface area contributed by atoms with Gasteiger partial charge < -0.3 is 0 Å². The monoisotopic (exact) mass is 265 g/mol. The zero-order valence-corrected chi connectivity index (χ0v) is 10.9. The third-order valence-corrected chi connectivity index (χ3v) is 2.98. The van der Waals surface area contributed by atoms with Crippen molar-refractivity contribution in [2.24, 2.45) is 5.84 Å². The summed E-state index contributed by atoms with van der Waals surface area (Å²) in [5.41, 5.74) is 4.42. The summed E-state index contributed by atoms with van der Waals surface area (Å²) >= 11 is 6.20. The van der Waals surface area contributed by atoms with Crippen LogP contribution in [0.5, 0.6) is 0 Å². The lowest BCUT2D eigenvalue weighted by atomic mass is 10.1. The van der Waals surface area contributed by atoms with Crippen molar-refractivity contribution in [3.8, 4) is 0 Å². The number of nitrogens with two attached hydrogens (primary N) is 1. The lowest BCUT2D eigenvalue weighted by molar-refractivity contribution is 0.515. The van der Waals surface area contributed by atoms with Crippen LogP contribution >= 0.6 is 11.6 Å². The molecule has 5 nitrogen and oxygen atoms in total. The number of pyridine rings is 1. The highest BCUT2D eigenvalue weighted by Gasteiger charge is 2.21. The molecule has 18 heavy (non-hydrogen) atoms. The van der Waals surface area contributed by atoms with Crippen molar-refractivity contribution < 1.29 is 0 Å². The Labute approximate surface area is 111 Å². The molecule has 96 valence electrons. The summed E-state index contributed by atoms with van der Waals surface area (Å²) in [6.45, 7) is 2.89. The molecule has 0 bridgehead atoms. The molecule has 6 heteroatoms. The molecule has 0 radical (unpaired) electrons. The van der Waals surface area contributed by atoms with Crippen LogP contribution in [0.4, 0.5) is 0 Å². The van der Waals surface area contributed by atoms with E-state index < -0.39 is 0 Å². The second-order valence-corrected chi connectivity index (χ2v) is 4.36. The van der Waals surface area contributed by atoms with Crippen molar-refractivity contribution in [2.75, 3.05) is 0 Å². The van der Waals surface area contributed by atoms with E-state index >= 15 is 0 Å². The number of halogens is 1. The number of hydrazine groups is 1. The van der Waals surface area contributed by atoms with Crippen molar-refractivity contribution in [3.05, 3.63) is 47.0 Å². The van der Waals surface area contributed by atoms with Crippen molar-refractivity contribution in [2.45, 2.75) is 25.9 Å². The fourth-order valence-corrected chi connectivity index (χ4v) is 2.15. The zero-order chi connectivity index (χ0) is 13.0. The Hall–Kier alpha value is -1.43. The number of nitrogens with zero attached hydrogens (tertiary/aromatic N) is 3. The number of hydrogen-bond acceptors (Lipinski definition) is 4. The minimum atomic E-state index is -0.257. The largest absolute Gasteiger partial charge is 0.270 e. The molecule has 0 aliphatic rings. The lowest BCUT2D eigenvalue weighted by Crippen LogP contribution is -2.31. The molecular weight excluding hydrogens is 250 g/mol. The highest BCUT2D eigenvalue weighted by atomic mass is 35.5. The highest BCUT2D eigenvalue weighted by molar-refractivity contribution is 6.31. The first-order chi connectivity index (χ1) is 8.77. The number of rotatable bonds is 5. The number of aryl methyl sites for hydroxylation is 1. The van der Waals surface area contributed by atoms with Crippen LogP contribution in [-0.4, -0.2) is 14.8 Å². The van der Waals surface area contributed by atoms with Gasteiger partial charge in [-0.05, 0) is 18.6 Å². The Bertz CT molecular complexity index is 496. The molecule has 0 saturated heterocycles. The fourth-order valence-electron chi connectivity index (χ4n) is 1.90. The van der Waals surface area contributed by atoms with E-state index in [0.29, 0.717) is 5.02 Å². The van der Waals surface area contributed by atoms with Gasteiger partial charge >= 0.3 is 0 Å². The van der Waals surface area contributed by atoms with E-state index in [2.05, 4.69) is 22.4 Å². The van der Waals surface area contributed by atoms with Crippen LogP contribution in [0.25, 0.3) is 0 Å². The molecule has 0 amide bonds. The van der Waals surface area contributed by atoms with Gasteiger partial charge in [-0.2, -0.15) is 5.10 Å². The predicted molar refractivity (Wildman–Crippen MR) is 70.9 cm³/mol. The summed E-state index contributed by atoms with van der Waals surface area (Å²) in [6.07, 6.45) is 4.35. The molecule has 2 heterocycles. The topological polar surface area (TPSA) is 68.8 Å². The molecule has 0 spiro atoms. The van der Waals surface area contributed by atoms with Gasteiger partial charge in [-0.25, -0.2) is 5.43 Å². The summed E-state index contributed by atoms with van der Waals surface area (Å²) < 4.78 is 1.86. The molecule has 0 fully saturated rings. The van der Waals surface area contributed by atoms with E-state index in [4.69, 9.17) is 17.4 Å². The maximum Gasteiger partial charge on any atom is 0.106 e. The van der Waals surface area contributed by atoms with Crippen LogP contribution in [0.15, 0.2) is 30.6 Å². The Morgan fingerprint density at radius 1 is 1.50 bits per heavy atom. The van der Waals surface area contributed by atoms with E-state index in [1.165, 1.54) is 0 Å². The Morgan fingerprint density at radius 2 is 2.33 bits per heavy atom. The average molecular weight is 266 g/mol. The first-order valence-corrected chi connectivity index (χ1v) is 6.24. The molecule has 0 aromatic carbocycles. The van der Waals surface area contributed by atoms with Crippen molar-refractivity contribution in [1.82, 2.24) is 20.2 Å². The summed E-state index contributed by atoms with van der Waals surface area (Å²) in [4.78, 5) is 4.31. The van der Waals surface area contributed by atoms with Crippen LogP contribution in [-0.2, 0) is 6.54 Å². The summed E-state index contributed by atoms with van der Waals surface area (Å²) in [5.74, 6) is 5.64. The van der Waals surface area contributed by atoms with Gasteiger partial charge in [0.25, 0.3) is 0 Å². The zero-order valence-electron chi connectivity index (χ0n) is 10.2. The molecular formula is C12H16ClN5. The summed E-state index contributed by atoms with van der Waals surface area (Å²) in [6, 6.07) is 5.43. The van der Waals surface area contributed by atoms with Crippen molar-refractivity contribution in [3.63, 3.8) is 0 Å². The van der Waals surface area contributed by atoms with E-state index in [9.17, 15) is 0 Å². The third kappa shape index (κ3) is 2.53. The quantitative estimate of drug-likeness (QED) is 0.640. The Kier molecular flexibility index (Phi) is 4.30. The van der Waals surface area contributed by atoms with Crippen LogP contribution in [0, 0.1) is 0 Å². The maximum absolute atomic E-state index is 6.20. The van der Waals surface area contributed by atoms with Gasteiger partial charge in [0.05, 0.1) is 22.6 Å². The van der Waals surface area contributed by atoms with Gasteiger partial charge in [0.15, 0.2) is 0 Å². The Morgan fingerprint density at radius 3 is 2.94 bits per heavy atom. The predicted octanol–water partition coefficient (Wildman–Crippen LogP) is 1.89. The van der Waals surface area contributed by atoms with Gasteiger partial charge in [0.2, 0.25) is 0 Å². The minimum Gasteiger partial charge on any atom is -0.270 e. The van der Waals surface area contributed by atoms with Gasteiger partial charge in [0, 0.05) is 12.7 Å². The average Bonchev–Trinajstić information content (AvgIpc) is 2.75. The standard InChI is InChI=1S/C12H16ClN5/c1-2-7-18-12(9(13)8-16-18)11(17-14)10-5-3-4-6-15-10/h3-6,8,11,17H,2,7,14H2,1H3. The second kappa shape index (κ2) is 5.95. The molecule has 0 aliphatic carbocycles. The molecule has 1 unspecified atom stereocenters. The molecule has 3 N–H and O–H groups in total. The molecule has 0 saturated carbocycles. The van der Waals surface area contributed by atoms with E-state index in [-0.39, 0.29) is 6.04 Å². The molecule has 1 atom stereocenters. The van der Waals surface area contributed by atoms with Crippen LogP contribution in [0.2, 0.25) is 5.02 Å². The van der Waals surface area contributed by atoms with E-state index in [1.54, 1.807) is 12.4 Å². The van der Waals surface area contributed by atoms with Gasteiger partial charge in [-0.3, -0.25) is 15.5 Å². The SMILES string of the molecule is CCCn1ncc(Cl)c1C(NN)c1ccccn1. The van der Waals surface area contributed by atoms with Crippen LogP contribution in [0.3, 0.4) is 0 Å². The van der Waals surface area contributed by atoms with Gasteiger partial charge in [-0.15, -0.1) is 0 Å². The van der Waals surface area contributed by atoms with E-state index in [1.807, 2.05) is 22.9 Å². The normalized spacial score (nSPS) is 12.6. The third-order valence-electron chi connectivity index (χ3n) is 2.69. The van der Waals surface area contributed by atoms with Crippen molar-refractivity contribution >= 4 is 11.6 Å². The van der Waals surface area contributed by atoms with Crippen molar-refractivity contribution in [1.29, 1.82) is 0 Å². The lowest BCUT2D eigenvalue weighted by Gasteiger charge is -2.17. The molecule has 0 aliphatic heterocycles. The highest BCUT2D eigenvalue weighted by Crippen LogP contribution is 2.26. The van der Waals surface area contributed by atoms with Gasteiger partial charge in [-0.1, -0.05) is 24.6 Å².